The van der Waals surface area contributed by atoms with E-state index in [4.69, 9.17) is 16.3 Å². The van der Waals surface area contributed by atoms with E-state index in [2.05, 4.69) is 25.6 Å². The van der Waals surface area contributed by atoms with Gasteiger partial charge in [-0.05, 0) is 55.8 Å². The molecule has 2 heterocycles. The minimum absolute atomic E-state index is 0.475. The Labute approximate surface area is 189 Å². The molecule has 0 spiro atoms. The van der Waals surface area contributed by atoms with Crippen LogP contribution in [0, 0.1) is 0 Å². The Morgan fingerprint density at radius 2 is 1.94 bits per heavy atom. The number of halogens is 1. The molecule has 9 heteroatoms. The van der Waals surface area contributed by atoms with Gasteiger partial charge in [-0.15, -0.1) is 0 Å². The maximum Gasteiger partial charge on any atom is 0.328 e. The molecule has 4 N–H and O–H groups in total. The Kier molecular flexibility index (Phi) is 5.87. The average molecular weight is 452 g/mol. The Morgan fingerprint density at radius 3 is 2.62 bits per heavy atom. The molecular weight excluding hydrogens is 430 g/mol. The third kappa shape index (κ3) is 5.09. The van der Waals surface area contributed by atoms with Gasteiger partial charge in [0.1, 0.15) is 11.3 Å². The molecule has 0 fully saturated rings. The molecule has 8 nitrogen and oxygen atoms in total. The molecule has 164 valence electrons. The van der Waals surface area contributed by atoms with Crippen molar-refractivity contribution in [2.24, 2.45) is 0 Å². The largest absolute Gasteiger partial charge is 0.480 e. The fraction of sp³-hybridized carbons (Fsp3) is 0.174. The Bertz CT molecular complexity index is 1240. The fourth-order valence-electron chi connectivity index (χ4n) is 2.99. The number of aromatic nitrogens is 3. The summed E-state index contributed by atoms with van der Waals surface area (Å²) in [5, 5.41) is 16.1. The number of hydrogen-bond donors (Lipinski definition) is 4. The van der Waals surface area contributed by atoms with E-state index in [1.807, 2.05) is 42.5 Å². The zero-order chi connectivity index (χ0) is 22.7. The summed E-state index contributed by atoms with van der Waals surface area (Å²) in [5.41, 5.74) is 2.26. The van der Waals surface area contributed by atoms with E-state index in [0.29, 0.717) is 34.8 Å². The SMILES string of the molecule is CC(C)(Nc1ccc2nc(NCc3ccc(Oc4ccc(Cl)cn4)cc3)[nH]c2c1)C(=O)O. The summed E-state index contributed by atoms with van der Waals surface area (Å²) in [4.78, 5) is 23.2. The first-order valence-corrected chi connectivity index (χ1v) is 10.3. The molecule has 32 heavy (non-hydrogen) atoms. The predicted octanol–water partition coefficient (Wildman–Crippen LogP) is 5.29. The van der Waals surface area contributed by atoms with Crippen LogP contribution in [0.15, 0.2) is 60.8 Å². The molecule has 0 unspecified atom stereocenters. The van der Waals surface area contributed by atoms with Gasteiger partial charge in [-0.25, -0.2) is 14.8 Å². The molecule has 0 aliphatic carbocycles. The van der Waals surface area contributed by atoms with Crippen molar-refractivity contribution in [2.75, 3.05) is 10.6 Å². The highest BCUT2D eigenvalue weighted by atomic mass is 35.5. The number of carboxylic acid groups (broad SMARTS) is 1. The molecule has 0 atom stereocenters. The minimum Gasteiger partial charge on any atom is -0.480 e. The van der Waals surface area contributed by atoms with Crippen molar-refractivity contribution in [3.63, 3.8) is 0 Å². The van der Waals surface area contributed by atoms with E-state index < -0.39 is 11.5 Å². The summed E-state index contributed by atoms with van der Waals surface area (Å²) in [6, 6.07) is 16.6. The standard InChI is InChI=1S/C23H22ClN5O3/c1-23(2,21(30)31)29-16-6-9-18-19(11-16)28-22(27-18)26-12-14-3-7-17(8-4-14)32-20-10-5-15(24)13-25-20/h3-11,13,29H,12H2,1-2H3,(H,30,31)(H2,26,27,28). The van der Waals surface area contributed by atoms with Crippen molar-refractivity contribution in [1.82, 2.24) is 15.0 Å². The number of H-pyrrole nitrogens is 1. The molecule has 4 aromatic rings. The van der Waals surface area contributed by atoms with Gasteiger partial charge in [0.15, 0.2) is 0 Å². The number of pyridine rings is 1. The predicted molar refractivity (Wildman–Crippen MR) is 125 cm³/mol. The first kappa shape index (κ1) is 21.5. The minimum atomic E-state index is -1.08. The maximum atomic E-state index is 11.3. The first-order chi connectivity index (χ1) is 15.3. The summed E-state index contributed by atoms with van der Waals surface area (Å²) < 4.78 is 5.70. The summed E-state index contributed by atoms with van der Waals surface area (Å²) in [7, 11) is 0. The van der Waals surface area contributed by atoms with E-state index in [-0.39, 0.29) is 0 Å². The van der Waals surface area contributed by atoms with Crippen LogP contribution >= 0.6 is 11.6 Å². The lowest BCUT2D eigenvalue weighted by Crippen LogP contribution is -2.39. The van der Waals surface area contributed by atoms with Crippen molar-refractivity contribution in [3.05, 3.63) is 71.4 Å². The number of aromatic amines is 1. The number of hydrogen-bond acceptors (Lipinski definition) is 6. The van der Waals surface area contributed by atoms with Crippen molar-refractivity contribution in [3.8, 4) is 11.6 Å². The summed E-state index contributed by atoms with van der Waals surface area (Å²) in [5.74, 6) is 0.852. The van der Waals surface area contributed by atoms with Crippen LogP contribution < -0.4 is 15.4 Å². The average Bonchev–Trinajstić information content (AvgIpc) is 3.17. The number of nitrogens with zero attached hydrogens (tertiary/aromatic N) is 2. The molecule has 0 saturated carbocycles. The summed E-state index contributed by atoms with van der Waals surface area (Å²) in [6.45, 7) is 3.79. The number of carboxylic acids is 1. The molecule has 0 aliphatic heterocycles. The van der Waals surface area contributed by atoms with Crippen LogP contribution in [0.5, 0.6) is 11.6 Å². The van der Waals surface area contributed by atoms with Crippen molar-refractivity contribution in [2.45, 2.75) is 25.9 Å². The van der Waals surface area contributed by atoms with Gasteiger partial charge >= 0.3 is 5.97 Å². The van der Waals surface area contributed by atoms with Gasteiger partial charge in [-0.1, -0.05) is 23.7 Å². The van der Waals surface area contributed by atoms with Gasteiger partial charge in [0.25, 0.3) is 0 Å². The number of anilines is 2. The second-order valence-electron chi connectivity index (χ2n) is 7.79. The van der Waals surface area contributed by atoms with Crippen LogP contribution in [0.1, 0.15) is 19.4 Å². The number of rotatable bonds is 8. The van der Waals surface area contributed by atoms with Crippen LogP contribution in [-0.4, -0.2) is 31.6 Å². The molecule has 0 bridgehead atoms. The number of fused-ring (bicyclic) bond motifs is 1. The van der Waals surface area contributed by atoms with Crippen molar-refractivity contribution < 1.29 is 14.6 Å². The smallest absolute Gasteiger partial charge is 0.328 e. The van der Waals surface area contributed by atoms with Crippen LogP contribution in [0.4, 0.5) is 11.6 Å². The molecule has 2 aromatic carbocycles. The van der Waals surface area contributed by atoms with Crippen LogP contribution in [0.25, 0.3) is 11.0 Å². The van der Waals surface area contributed by atoms with Crippen LogP contribution in [-0.2, 0) is 11.3 Å². The maximum absolute atomic E-state index is 11.3. The Morgan fingerprint density at radius 1 is 1.16 bits per heavy atom. The molecule has 0 aliphatic rings. The molecule has 0 saturated heterocycles. The normalized spacial score (nSPS) is 11.3. The van der Waals surface area contributed by atoms with Gasteiger partial charge in [-0.3, -0.25) is 0 Å². The molecule has 0 amide bonds. The highest BCUT2D eigenvalue weighted by molar-refractivity contribution is 6.30. The zero-order valence-corrected chi connectivity index (χ0v) is 18.3. The molecular formula is C23H22ClN5O3. The first-order valence-electron chi connectivity index (χ1n) is 9.92. The van der Waals surface area contributed by atoms with E-state index in [9.17, 15) is 9.90 Å². The lowest BCUT2D eigenvalue weighted by molar-refractivity contribution is -0.141. The fourth-order valence-corrected chi connectivity index (χ4v) is 3.10. The van der Waals surface area contributed by atoms with E-state index in [1.54, 1.807) is 26.0 Å². The van der Waals surface area contributed by atoms with Crippen LogP contribution in [0.2, 0.25) is 5.02 Å². The monoisotopic (exact) mass is 451 g/mol. The summed E-state index contributed by atoms with van der Waals surface area (Å²) >= 11 is 5.83. The quantitative estimate of drug-likeness (QED) is 0.288. The second-order valence-corrected chi connectivity index (χ2v) is 8.22. The van der Waals surface area contributed by atoms with Crippen LogP contribution in [0.3, 0.4) is 0 Å². The van der Waals surface area contributed by atoms with Gasteiger partial charge in [0.05, 0.1) is 16.1 Å². The van der Waals surface area contributed by atoms with Gasteiger partial charge in [-0.2, -0.15) is 0 Å². The number of benzene rings is 2. The third-order valence-electron chi connectivity index (χ3n) is 4.78. The van der Waals surface area contributed by atoms with Crippen molar-refractivity contribution >= 4 is 40.2 Å². The Balaban J connectivity index is 1.38. The topological polar surface area (TPSA) is 112 Å². The van der Waals surface area contributed by atoms with Crippen molar-refractivity contribution in [1.29, 1.82) is 0 Å². The molecule has 0 radical (unpaired) electrons. The number of imidazole rings is 1. The lowest BCUT2D eigenvalue weighted by Gasteiger charge is -2.22. The zero-order valence-electron chi connectivity index (χ0n) is 17.5. The number of carbonyl (C=O) groups is 1. The van der Waals surface area contributed by atoms with E-state index in [1.165, 1.54) is 6.20 Å². The van der Waals surface area contributed by atoms with Gasteiger partial charge in [0, 0.05) is 24.5 Å². The van der Waals surface area contributed by atoms with Gasteiger partial charge < -0.3 is 25.5 Å². The van der Waals surface area contributed by atoms with Gasteiger partial charge in [0.2, 0.25) is 11.8 Å². The third-order valence-corrected chi connectivity index (χ3v) is 5.00. The van der Waals surface area contributed by atoms with E-state index >= 15 is 0 Å². The highest BCUT2D eigenvalue weighted by Gasteiger charge is 2.26. The number of ether oxygens (including phenoxy) is 1. The Hall–Kier alpha value is -3.78. The number of aliphatic carboxylic acids is 1. The van der Waals surface area contributed by atoms with E-state index in [0.717, 1.165) is 16.6 Å². The highest BCUT2D eigenvalue weighted by Crippen LogP contribution is 2.23. The second kappa shape index (κ2) is 8.76. The number of nitrogens with one attached hydrogen (secondary N) is 3. The molecule has 4 rings (SSSR count). The molecule has 2 aromatic heterocycles. The summed E-state index contributed by atoms with van der Waals surface area (Å²) in [6.07, 6.45) is 1.54. The lowest BCUT2D eigenvalue weighted by atomic mass is 10.1.